The Morgan fingerprint density at radius 2 is 1.88 bits per heavy atom. The summed E-state index contributed by atoms with van der Waals surface area (Å²) in [6.45, 7) is 0. The number of esters is 1. The highest BCUT2D eigenvalue weighted by Crippen LogP contribution is 2.31. The SMILES string of the molecule is COC(=O)c1ccc(Cc2ncc(-c3cccc(C(F)(F)F)c3)[nH]2)cc1. The topological polar surface area (TPSA) is 55.0 Å². The number of methoxy groups -OCH3 is 1. The van der Waals surface area contributed by atoms with E-state index < -0.39 is 17.7 Å². The van der Waals surface area contributed by atoms with Gasteiger partial charge in [0.05, 0.1) is 30.1 Å². The number of halogens is 3. The lowest BCUT2D eigenvalue weighted by molar-refractivity contribution is -0.137. The first kappa shape index (κ1) is 17.7. The Hall–Kier alpha value is -3.09. The Balaban J connectivity index is 1.77. The molecule has 0 bridgehead atoms. The third kappa shape index (κ3) is 3.93. The van der Waals surface area contributed by atoms with E-state index in [1.54, 1.807) is 30.3 Å². The number of nitrogens with one attached hydrogen (secondary N) is 1. The second-order valence-corrected chi connectivity index (χ2v) is 5.69. The molecule has 0 amide bonds. The minimum atomic E-state index is -4.39. The van der Waals surface area contributed by atoms with Gasteiger partial charge in [-0.15, -0.1) is 0 Å². The number of aromatic amines is 1. The number of hydrogen-bond donors (Lipinski definition) is 1. The number of imidazole rings is 1. The van der Waals surface area contributed by atoms with Crippen LogP contribution in [0.2, 0.25) is 0 Å². The predicted octanol–water partition coefficient (Wildman–Crippen LogP) is 4.47. The van der Waals surface area contributed by atoms with E-state index in [0.29, 0.717) is 29.1 Å². The van der Waals surface area contributed by atoms with Gasteiger partial charge in [-0.25, -0.2) is 9.78 Å². The van der Waals surface area contributed by atoms with E-state index in [-0.39, 0.29) is 0 Å². The van der Waals surface area contributed by atoms with Gasteiger partial charge in [0.15, 0.2) is 0 Å². The molecule has 0 atom stereocenters. The zero-order valence-corrected chi connectivity index (χ0v) is 13.8. The van der Waals surface area contributed by atoms with Gasteiger partial charge in [-0.05, 0) is 29.8 Å². The van der Waals surface area contributed by atoms with E-state index in [0.717, 1.165) is 17.7 Å². The fourth-order valence-electron chi connectivity index (χ4n) is 2.53. The van der Waals surface area contributed by atoms with Gasteiger partial charge in [0.25, 0.3) is 0 Å². The van der Waals surface area contributed by atoms with Gasteiger partial charge in [-0.2, -0.15) is 13.2 Å². The van der Waals surface area contributed by atoms with E-state index in [1.165, 1.54) is 19.4 Å². The van der Waals surface area contributed by atoms with E-state index >= 15 is 0 Å². The molecular formula is C19H15F3N2O2. The normalized spacial score (nSPS) is 11.4. The molecule has 2 aromatic carbocycles. The van der Waals surface area contributed by atoms with Crippen LogP contribution in [0.3, 0.4) is 0 Å². The Morgan fingerprint density at radius 3 is 2.54 bits per heavy atom. The molecule has 0 saturated heterocycles. The summed E-state index contributed by atoms with van der Waals surface area (Å²) in [6.07, 6.45) is -2.42. The highest BCUT2D eigenvalue weighted by atomic mass is 19.4. The molecule has 134 valence electrons. The largest absolute Gasteiger partial charge is 0.465 e. The molecule has 0 unspecified atom stereocenters. The van der Waals surface area contributed by atoms with Gasteiger partial charge in [0, 0.05) is 12.0 Å². The van der Waals surface area contributed by atoms with E-state index in [9.17, 15) is 18.0 Å². The molecule has 0 aliphatic heterocycles. The first-order valence-corrected chi connectivity index (χ1v) is 7.75. The molecule has 1 heterocycles. The second-order valence-electron chi connectivity index (χ2n) is 5.69. The maximum atomic E-state index is 12.8. The Labute approximate surface area is 147 Å². The van der Waals surface area contributed by atoms with Crippen molar-refractivity contribution < 1.29 is 22.7 Å². The molecule has 4 nitrogen and oxygen atoms in total. The maximum absolute atomic E-state index is 12.8. The summed E-state index contributed by atoms with van der Waals surface area (Å²) in [5, 5.41) is 0. The van der Waals surface area contributed by atoms with E-state index in [2.05, 4.69) is 14.7 Å². The summed E-state index contributed by atoms with van der Waals surface area (Å²) >= 11 is 0. The molecule has 0 radical (unpaired) electrons. The molecule has 1 aromatic heterocycles. The Morgan fingerprint density at radius 1 is 1.15 bits per heavy atom. The first-order chi connectivity index (χ1) is 12.4. The van der Waals surface area contributed by atoms with Gasteiger partial charge in [0.1, 0.15) is 5.82 Å². The highest BCUT2D eigenvalue weighted by molar-refractivity contribution is 5.89. The van der Waals surface area contributed by atoms with Crippen LogP contribution >= 0.6 is 0 Å². The van der Waals surface area contributed by atoms with Crippen LogP contribution in [0.25, 0.3) is 11.3 Å². The molecule has 0 fully saturated rings. The van der Waals surface area contributed by atoms with Crippen molar-refractivity contribution in [2.45, 2.75) is 12.6 Å². The third-order valence-corrected chi connectivity index (χ3v) is 3.88. The summed E-state index contributed by atoms with van der Waals surface area (Å²) in [5.74, 6) is 0.199. The van der Waals surface area contributed by atoms with Crippen LogP contribution in [0, 0.1) is 0 Å². The van der Waals surface area contributed by atoms with Gasteiger partial charge in [0.2, 0.25) is 0 Å². The molecule has 26 heavy (non-hydrogen) atoms. The number of rotatable bonds is 4. The van der Waals surface area contributed by atoms with Crippen LogP contribution in [-0.4, -0.2) is 23.0 Å². The number of carbonyl (C=O) groups excluding carboxylic acids is 1. The third-order valence-electron chi connectivity index (χ3n) is 3.88. The summed E-state index contributed by atoms with van der Waals surface area (Å²) in [4.78, 5) is 18.7. The fourth-order valence-corrected chi connectivity index (χ4v) is 2.53. The lowest BCUT2D eigenvalue weighted by atomic mass is 10.1. The molecule has 0 spiro atoms. The van der Waals surface area contributed by atoms with Crippen molar-refractivity contribution >= 4 is 5.97 Å². The number of alkyl halides is 3. The molecule has 3 rings (SSSR count). The van der Waals surface area contributed by atoms with Gasteiger partial charge in [-0.1, -0.05) is 24.3 Å². The van der Waals surface area contributed by atoms with Gasteiger partial charge >= 0.3 is 12.1 Å². The highest BCUT2D eigenvalue weighted by Gasteiger charge is 2.30. The summed E-state index contributed by atoms with van der Waals surface area (Å²) in [5.41, 5.74) is 1.57. The van der Waals surface area contributed by atoms with Crippen molar-refractivity contribution in [3.63, 3.8) is 0 Å². The molecule has 0 saturated carbocycles. The molecule has 0 aliphatic carbocycles. The lowest BCUT2D eigenvalue weighted by Crippen LogP contribution is -2.04. The van der Waals surface area contributed by atoms with Crippen LogP contribution in [0.15, 0.2) is 54.7 Å². The Bertz CT molecular complexity index is 915. The summed E-state index contributed by atoms with van der Waals surface area (Å²) < 4.78 is 43.1. The van der Waals surface area contributed by atoms with Crippen LogP contribution < -0.4 is 0 Å². The van der Waals surface area contributed by atoms with Crippen LogP contribution in [0.4, 0.5) is 13.2 Å². The molecule has 7 heteroatoms. The van der Waals surface area contributed by atoms with Crippen molar-refractivity contribution in [1.29, 1.82) is 0 Å². The molecular weight excluding hydrogens is 345 g/mol. The molecule has 0 aliphatic rings. The second kappa shape index (κ2) is 7.03. The number of H-pyrrole nitrogens is 1. The van der Waals surface area contributed by atoms with Gasteiger partial charge in [-0.3, -0.25) is 0 Å². The number of carbonyl (C=O) groups is 1. The van der Waals surface area contributed by atoms with Crippen LogP contribution in [0.1, 0.15) is 27.3 Å². The fraction of sp³-hybridized carbons (Fsp3) is 0.158. The number of nitrogens with zero attached hydrogens (tertiary/aromatic N) is 1. The van der Waals surface area contributed by atoms with Crippen LogP contribution in [-0.2, 0) is 17.3 Å². The number of ether oxygens (including phenoxy) is 1. The quantitative estimate of drug-likeness (QED) is 0.699. The van der Waals surface area contributed by atoms with Crippen molar-refractivity contribution in [2.24, 2.45) is 0 Å². The average molecular weight is 360 g/mol. The van der Waals surface area contributed by atoms with E-state index in [1.807, 2.05) is 0 Å². The summed E-state index contributed by atoms with van der Waals surface area (Å²) in [7, 11) is 1.31. The summed E-state index contributed by atoms with van der Waals surface area (Å²) in [6, 6.07) is 11.9. The lowest BCUT2D eigenvalue weighted by Gasteiger charge is -2.07. The van der Waals surface area contributed by atoms with E-state index in [4.69, 9.17) is 0 Å². The standard InChI is InChI=1S/C19H15F3N2O2/c1-26-18(25)13-7-5-12(6-8-13)9-17-23-11-16(24-17)14-3-2-4-15(10-14)19(20,21)22/h2-8,10-11H,9H2,1H3,(H,23,24). The van der Waals surface area contributed by atoms with Crippen LogP contribution in [0.5, 0.6) is 0 Å². The number of benzene rings is 2. The minimum Gasteiger partial charge on any atom is -0.465 e. The molecule has 3 aromatic rings. The smallest absolute Gasteiger partial charge is 0.416 e. The van der Waals surface area contributed by atoms with Crippen molar-refractivity contribution in [1.82, 2.24) is 9.97 Å². The number of aromatic nitrogens is 2. The first-order valence-electron chi connectivity index (χ1n) is 7.75. The van der Waals surface area contributed by atoms with Crippen molar-refractivity contribution in [3.05, 3.63) is 77.2 Å². The average Bonchev–Trinajstić information content (AvgIpc) is 3.09. The predicted molar refractivity (Wildman–Crippen MR) is 89.6 cm³/mol. The maximum Gasteiger partial charge on any atom is 0.416 e. The molecule has 1 N–H and O–H groups in total. The van der Waals surface area contributed by atoms with Crippen molar-refractivity contribution in [2.75, 3.05) is 7.11 Å². The monoisotopic (exact) mass is 360 g/mol. The minimum absolute atomic E-state index is 0.415. The zero-order valence-electron chi connectivity index (χ0n) is 13.8. The van der Waals surface area contributed by atoms with Gasteiger partial charge < -0.3 is 9.72 Å². The zero-order chi connectivity index (χ0) is 18.7. The number of hydrogen-bond acceptors (Lipinski definition) is 3. The van der Waals surface area contributed by atoms with Crippen molar-refractivity contribution in [3.8, 4) is 11.3 Å². The Kier molecular flexibility index (Phi) is 4.79.